The highest BCUT2D eigenvalue weighted by atomic mass is 16.2. The third-order valence-electron chi connectivity index (χ3n) is 4.12. The van der Waals surface area contributed by atoms with Gasteiger partial charge in [0.1, 0.15) is 0 Å². The number of carbonyl (C=O) groups is 2. The Morgan fingerprint density at radius 1 is 0.926 bits per heavy atom. The second-order valence-corrected chi connectivity index (χ2v) is 6.05. The maximum absolute atomic E-state index is 12.3. The van der Waals surface area contributed by atoms with Crippen LogP contribution in [0, 0.1) is 0 Å². The molecule has 0 fully saturated rings. The SMILES string of the molecule is CCC(=O)Nc1cccnc1-c1ccc(C(=O)NCc2ccccc2)cc1. The van der Waals surface area contributed by atoms with Crippen LogP contribution in [0.15, 0.2) is 72.9 Å². The van der Waals surface area contributed by atoms with E-state index in [1.54, 1.807) is 31.3 Å². The number of benzene rings is 2. The van der Waals surface area contributed by atoms with Crippen molar-refractivity contribution in [3.63, 3.8) is 0 Å². The zero-order valence-electron chi connectivity index (χ0n) is 15.1. The minimum atomic E-state index is -0.133. The van der Waals surface area contributed by atoms with Crippen molar-refractivity contribution in [3.8, 4) is 11.3 Å². The van der Waals surface area contributed by atoms with Crippen LogP contribution in [0.2, 0.25) is 0 Å². The third kappa shape index (κ3) is 4.79. The van der Waals surface area contributed by atoms with Crippen molar-refractivity contribution in [2.45, 2.75) is 19.9 Å². The van der Waals surface area contributed by atoms with E-state index in [0.717, 1.165) is 11.1 Å². The van der Waals surface area contributed by atoms with Crippen LogP contribution >= 0.6 is 0 Å². The van der Waals surface area contributed by atoms with Crippen LogP contribution in [-0.4, -0.2) is 16.8 Å². The molecule has 5 heteroatoms. The summed E-state index contributed by atoms with van der Waals surface area (Å²) in [7, 11) is 0. The van der Waals surface area contributed by atoms with Gasteiger partial charge in [0.2, 0.25) is 5.91 Å². The molecule has 2 N–H and O–H groups in total. The highest BCUT2D eigenvalue weighted by Gasteiger charge is 2.10. The fraction of sp³-hybridized carbons (Fsp3) is 0.136. The lowest BCUT2D eigenvalue weighted by Crippen LogP contribution is -2.22. The van der Waals surface area contributed by atoms with E-state index in [1.165, 1.54) is 0 Å². The average molecular weight is 359 g/mol. The normalized spacial score (nSPS) is 10.3. The molecule has 0 aliphatic rings. The largest absolute Gasteiger partial charge is 0.348 e. The van der Waals surface area contributed by atoms with E-state index < -0.39 is 0 Å². The van der Waals surface area contributed by atoms with Crippen molar-refractivity contribution in [3.05, 3.63) is 84.1 Å². The number of hydrogen-bond acceptors (Lipinski definition) is 3. The molecule has 0 aliphatic carbocycles. The molecule has 0 atom stereocenters. The number of amides is 2. The van der Waals surface area contributed by atoms with Gasteiger partial charge in [-0.3, -0.25) is 14.6 Å². The first-order valence-electron chi connectivity index (χ1n) is 8.85. The maximum Gasteiger partial charge on any atom is 0.251 e. The predicted octanol–water partition coefficient (Wildman–Crippen LogP) is 4.03. The third-order valence-corrected chi connectivity index (χ3v) is 4.12. The zero-order valence-corrected chi connectivity index (χ0v) is 15.1. The number of aromatic nitrogens is 1. The fourth-order valence-corrected chi connectivity index (χ4v) is 2.63. The lowest BCUT2D eigenvalue weighted by Gasteiger charge is -2.10. The minimum Gasteiger partial charge on any atom is -0.348 e. The Kier molecular flexibility index (Phi) is 5.94. The van der Waals surface area contributed by atoms with Crippen molar-refractivity contribution in [1.29, 1.82) is 0 Å². The van der Waals surface area contributed by atoms with Crippen LogP contribution in [-0.2, 0) is 11.3 Å². The summed E-state index contributed by atoms with van der Waals surface area (Å²) in [5.41, 5.74) is 3.79. The molecule has 1 heterocycles. The molecule has 0 aliphatic heterocycles. The summed E-state index contributed by atoms with van der Waals surface area (Å²) in [4.78, 5) is 28.4. The summed E-state index contributed by atoms with van der Waals surface area (Å²) in [6.45, 7) is 2.28. The van der Waals surface area contributed by atoms with Gasteiger partial charge in [-0.1, -0.05) is 49.4 Å². The standard InChI is InChI=1S/C22H21N3O2/c1-2-20(26)25-19-9-6-14-23-21(19)17-10-12-18(13-11-17)22(27)24-15-16-7-4-3-5-8-16/h3-14H,2,15H2,1H3,(H,24,27)(H,25,26). The molecule has 2 aromatic carbocycles. The van der Waals surface area contributed by atoms with Gasteiger partial charge >= 0.3 is 0 Å². The molecule has 0 spiro atoms. The Hall–Kier alpha value is -3.47. The first-order valence-corrected chi connectivity index (χ1v) is 8.85. The van der Waals surface area contributed by atoms with E-state index in [2.05, 4.69) is 15.6 Å². The van der Waals surface area contributed by atoms with Crippen molar-refractivity contribution in [2.75, 3.05) is 5.32 Å². The molecule has 3 aromatic rings. The van der Waals surface area contributed by atoms with Gasteiger partial charge in [0.05, 0.1) is 11.4 Å². The maximum atomic E-state index is 12.3. The van der Waals surface area contributed by atoms with E-state index >= 15 is 0 Å². The number of nitrogens with one attached hydrogen (secondary N) is 2. The lowest BCUT2D eigenvalue weighted by molar-refractivity contribution is -0.115. The molecular weight excluding hydrogens is 338 g/mol. The average Bonchev–Trinajstić information content (AvgIpc) is 2.73. The molecule has 0 unspecified atom stereocenters. The topological polar surface area (TPSA) is 71.1 Å². The van der Waals surface area contributed by atoms with Gasteiger partial charge in [0.25, 0.3) is 5.91 Å². The van der Waals surface area contributed by atoms with Crippen molar-refractivity contribution < 1.29 is 9.59 Å². The second kappa shape index (κ2) is 8.76. The predicted molar refractivity (Wildman–Crippen MR) is 106 cm³/mol. The summed E-state index contributed by atoms with van der Waals surface area (Å²) in [5.74, 6) is -0.202. The van der Waals surface area contributed by atoms with Crippen LogP contribution in [0.25, 0.3) is 11.3 Å². The molecule has 27 heavy (non-hydrogen) atoms. The smallest absolute Gasteiger partial charge is 0.251 e. The Balaban J connectivity index is 1.72. The van der Waals surface area contributed by atoms with Crippen LogP contribution in [0.5, 0.6) is 0 Å². The van der Waals surface area contributed by atoms with Gasteiger partial charge in [0.15, 0.2) is 0 Å². The molecule has 0 bridgehead atoms. The van der Waals surface area contributed by atoms with Gasteiger partial charge in [-0.25, -0.2) is 0 Å². The lowest BCUT2D eigenvalue weighted by atomic mass is 10.1. The van der Waals surface area contributed by atoms with Gasteiger partial charge in [-0.15, -0.1) is 0 Å². The Morgan fingerprint density at radius 2 is 1.67 bits per heavy atom. The quantitative estimate of drug-likeness (QED) is 0.698. The zero-order chi connectivity index (χ0) is 19.1. The monoisotopic (exact) mass is 359 g/mol. The van der Waals surface area contributed by atoms with Crippen LogP contribution in [0.4, 0.5) is 5.69 Å². The molecular formula is C22H21N3O2. The number of nitrogens with zero attached hydrogens (tertiary/aromatic N) is 1. The number of anilines is 1. The van der Waals surface area contributed by atoms with Gasteiger partial charge in [0, 0.05) is 30.3 Å². The second-order valence-electron chi connectivity index (χ2n) is 6.05. The Morgan fingerprint density at radius 3 is 2.37 bits per heavy atom. The molecule has 1 aromatic heterocycles. The van der Waals surface area contributed by atoms with Gasteiger partial charge < -0.3 is 10.6 Å². The summed E-state index contributed by atoms with van der Waals surface area (Å²) in [6.07, 6.45) is 2.08. The van der Waals surface area contributed by atoms with Crippen molar-refractivity contribution >= 4 is 17.5 Å². The molecule has 3 rings (SSSR count). The number of rotatable bonds is 6. The summed E-state index contributed by atoms with van der Waals surface area (Å²) in [5, 5.41) is 5.76. The van der Waals surface area contributed by atoms with Crippen LogP contribution in [0.1, 0.15) is 29.3 Å². The van der Waals surface area contributed by atoms with Crippen molar-refractivity contribution in [2.24, 2.45) is 0 Å². The first kappa shape index (κ1) is 18.3. The van der Waals surface area contributed by atoms with E-state index in [-0.39, 0.29) is 11.8 Å². The highest BCUT2D eigenvalue weighted by Crippen LogP contribution is 2.25. The van der Waals surface area contributed by atoms with Crippen LogP contribution in [0.3, 0.4) is 0 Å². The highest BCUT2D eigenvalue weighted by molar-refractivity contribution is 5.96. The number of carbonyl (C=O) groups excluding carboxylic acids is 2. The Labute approximate surface area is 158 Å². The van der Waals surface area contributed by atoms with Crippen molar-refractivity contribution in [1.82, 2.24) is 10.3 Å². The van der Waals surface area contributed by atoms with E-state index in [0.29, 0.717) is 29.9 Å². The molecule has 136 valence electrons. The molecule has 2 amide bonds. The minimum absolute atomic E-state index is 0.0684. The van der Waals surface area contributed by atoms with E-state index in [9.17, 15) is 9.59 Å². The summed E-state index contributed by atoms with van der Waals surface area (Å²) >= 11 is 0. The van der Waals surface area contributed by atoms with E-state index in [1.807, 2.05) is 48.5 Å². The number of hydrogen-bond donors (Lipinski definition) is 2. The summed E-state index contributed by atoms with van der Waals surface area (Å²) in [6, 6.07) is 20.5. The number of pyridine rings is 1. The molecule has 0 saturated carbocycles. The fourth-order valence-electron chi connectivity index (χ4n) is 2.63. The molecule has 0 saturated heterocycles. The molecule has 5 nitrogen and oxygen atoms in total. The Bertz CT molecular complexity index is 922. The first-order chi connectivity index (χ1) is 13.2. The van der Waals surface area contributed by atoms with E-state index in [4.69, 9.17) is 0 Å². The molecule has 0 radical (unpaired) electrons. The van der Waals surface area contributed by atoms with Gasteiger partial charge in [-0.2, -0.15) is 0 Å². The van der Waals surface area contributed by atoms with Crippen LogP contribution < -0.4 is 10.6 Å². The van der Waals surface area contributed by atoms with Gasteiger partial charge in [-0.05, 0) is 29.8 Å². The summed E-state index contributed by atoms with van der Waals surface area (Å²) < 4.78 is 0.